The minimum atomic E-state index is -0.702. The number of aliphatic carboxylic acids is 2. The SMILES string of the molecule is CCCCCCCCCCCCC(CCC(=O)OC(CCCC=CC/C=C\C/C=C\CCCCCCCC(=O)O)CCC/C=C\CC=CCC=CCCCCCCCC(=O)O)OC(=O)OCCCN(C)C. The number of esters is 1. The Balaban J connectivity index is 5.03. The van der Waals surface area contributed by atoms with Crippen LogP contribution in [0.15, 0.2) is 72.9 Å². The first-order valence-electron chi connectivity index (χ1n) is 28.6. The van der Waals surface area contributed by atoms with Crippen molar-refractivity contribution in [3.8, 4) is 0 Å². The lowest BCUT2D eigenvalue weighted by atomic mass is 10.0. The molecule has 2 N–H and O–H groups in total. The van der Waals surface area contributed by atoms with Crippen molar-refractivity contribution in [2.24, 2.45) is 0 Å². The number of carboxylic acids is 2. The highest BCUT2D eigenvalue weighted by molar-refractivity contribution is 5.69. The van der Waals surface area contributed by atoms with Gasteiger partial charge in [-0.05, 0) is 143 Å². The average molecular weight is 997 g/mol. The van der Waals surface area contributed by atoms with Crippen LogP contribution >= 0.6 is 0 Å². The Bertz CT molecular complexity index is 1360. The number of ether oxygens (including phenoxy) is 3. The summed E-state index contributed by atoms with van der Waals surface area (Å²) in [5.74, 6) is -1.63. The molecule has 0 aliphatic rings. The minimum absolute atomic E-state index is 0.153. The van der Waals surface area contributed by atoms with E-state index in [9.17, 15) is 19.2 Å². The number of allylic oxidation sites excluding steroid dienone is 12. The summed E-state index contributed by atoms with van der Waals surface area (Å²) in [6.45, 7) is 3.39. The third-order valence-electron chi connectivity index (χ3n) is 12.5. The predicted molar refractivity (Wildman–Crippen MR) is 296 cm³/mol. The van der Waals surface area contributed by atoms with Gasteiger partial charge in [0, 0.05) is 25.8 Å². The fourth-order valence-electron chi connectivity index (χ4n) is 8.23. The maximum absolute atomic E-state index is 13.4. The Morgan fingerprint density at radius 1 is 0.408 bits per heavy atom. The van der Waals surface area contributed by atoms with E-state index in [1.54, 1.807) is 0 Å². The van der Waals surface area contributed by atoms with Crippen LogP contribution in [0.25, 0.3) is 0 Å². The van der Waals surface area contributed by atoms with Gasteiger partial charge < -0.3 is 29.3 Å². The maximum Gasteiger partial charge on any atom is 0.508 e. The van der Waals surface area contributed by atoms with E-state index in [-0.39, 0.29) is 37.4 Å². The number of rotatable bonds is 52. The minimum Gasteiger partial charge on any atom is -0.481 e. The van der Waals surface area contributed by atoms with Crippen LogP contribution in [0.5, 0.6) is 0 Å². The van der Waals surface area contributed by atoms with Gasteiger partial charge >= 0.3 is 24.1 Å². The molecule has 0 aromatic heterocycles. The van der Waals surface area contributed by atoms with Gasteiger partial charge in [-0.3, -0.25) is 14.4 Å². The van der Waals surface area contributed by atoms with Gasteiger partial charge in [-0.15, -0.1) is 0 Å². The topological polar surface area (TPSA) is 140 Å². The number of carbonyl (C=O) groups excluding carboxylic acids is 2. The molecule has 0 aromatic rings. The molecule has 0 aliphatic heterocycles. The fraction of sp³-hybridized carbons (Fsp3) is 0.738. The number of unbranched alkanes of at least 4 members (excludes halogenated alkanes) is 21. The third-order valence-corrected chi connectivity index (χ3v) is 12.5. The first-order chi connectivity index (χ1) is 34.6. The number of hydrogen-bond acceptors (Lipinski definition) is 8. The van der Waals surface area contributed by atoms with E-state index in [1.807, 2.05) is 14.1 Å². The fourth-order valence-corrected chi connectivity index (χ4v) is 8.23. The summed E-state index contributed by atoms with van der Waals surface area (Å²) in [5, 5.41) is 17.5. The second-order valence-corrected chi connectivity index (χ2v) is 19.6. The van der Waals surface area contributed by atoms with E-state index in [1.165, 1.54) is 51.4 Å². The highest BCUT2D eigenvalue weighted by atomic mass is 16.7. The van der Waals surface area contributed by atoms with Crippen LogP contribution in [0, 0.1) is 0 Å². The van der Waals surface area contributed by atoms with E-state index in [0.717, 1.165) is 173 Å². The summed E-state index contributed by atoms with van der Waals surface area (Å²) in [7, 11) is 3.99. The standard InChI is InChI=1S/C61H105NO9/c1-4-5-6-7-8-9-26-33-38-43-49-57(71-61(68)69-55-46-54-62(2)3)52-53-60(67)70-56(47-41-36-31-27-22-18-14-10-12-16-20-24-29-34-39-44-50-58(63)64)48-42-37-32-28-23-19-15-11-13-17-21-25-30-35-40-45-51-59(65)66/h12-19,27-28,31-32,56-57H,4-11,20-26,29-30,33-55H2,1-3H3,(H,63,64)(H,65,66)/b16-12-,17-13?,18-14-,19-15?,31-27?,32-28-. The zero-order chi connectivity index (χ0) is 51.9. The van der Waals surface area contributed by atoms with Crippen LogP contribution < -0.4 is 0 Å². The largest absolute Gasteiger partial charge is 0.508 e. The molecule has 0 fully saturated rings. The molecular formula is C61H105NO9. The van der Waals surface area contributed by atoms with E-state index in [4.69, 9.17) is 24.4 Å². The van der Waals surface area contributed by atoms with Gasteiger partial charge in [0.15, 0.2) is 0 Å². The van der Waals surface area contributed by atoms with Gasteiger partial charge in [-0.25, -0.2) is 4.79 Å². The molecule has 0 heterocycles. The Labute approximate surface area is 434 Å². The van der Waals surface area contributed by atoms with E-state index < -0.39 is 18.1 Å². The smallest absolute Gasteiger partial charge is 0.481 e. The number of carbonyl (C=O) groups is 4. The van der Waals surface area contributed by atoms with Crippen molar-refractivity contribution in [2.45, 2.75) is 263 Å². The molecular weight excluding hydrogens is 891 g/mol. The van der Waals surface area contributed by atoms with Crippen molar-refractivity contribution >= 4 is 24.1 Å². The lowest BCUT2D eigenvalue weighted by Crippen LogP contribution is -2.23. The first-order valence-corrected chi connectivity index (χ1v) is 28.6. The lowest BCUT2D eigenvalue weighted by molar-refractivity contribution is -0.150. The van der Waals surface area contributed by atoms with Crippen molar-refractivity contribution in [1.82, 2.24) is 4.90 Å². The molecule has 10 nitrogen and oxygen atoms in total. The summed E-state index contributed by atoms with van der Waals surface area (Å²) in [4.78, 5) is 49.3. The van der Waals surface area contributed by atoms with Gasteiger partial charge in [0.1, 0.15) is 12.2 Å². The van der Waals surface area contributed by atoms with Gasteiger partial charge in [-0.1, -0.05) is 176 Å². The highest BCUT2D eigenvalue weighted by Crippen LogP contribution is 2.20. The van der Waals surface area contributed by atoms with Crippen LogP contribution in [0.2, 0.25) is 0 Å². The van der Waals surface area contributed by atoms with Gasteiger partial charge in [-0.2, -0.15) is 0 Å². The summed E-state index contributed by atoms with van der Waals surface area (Å²) < 4.78 is 17.4. The molecule has 0 saturated heterocycles. The van der Waals surface area contributed by atoms with Crippen molar-refractivity contribution in [3.05, 3.63) is 72.9 Å². The summed E-state index contributed by atoms with van der Waals surface area (Å²) in [6, 6.07) is 0. The quantitative estimate of drug-likeness (QED) is 0.0344. The third kappa shape index (κ3) is 55.2. The molecule has 0 aromatic carbocycles. The normalized spacial score (nSPS) is 13.0. The molecule has 0 rings (SSSR count). The Morgan fingerprint density at radius 2 is 0.775 bits per heavy atom. The second kappa shape index (κ2) is 53.9. The van der Waals surface area contributed by atoms with Crippen molar-refractivity contribution in [2.75, 3.05) is 27.2 Å². The van der Waals surface area contributed by atoms with Gasteiger partial charge in [0.2, 0.25) is 0 Å². The number of carboxylic acid groups (broad SMARTS) is 2. The first kappa shape index (κ1) is 67.1. The van der Waals surface area contributed by atoms with E-state index in [0.29, 0.717) is 13.0 Å². The zero-order valence-corrected chi connectivity index (χ0v) is 45.6. The van der Waals surface area contributed by atoms with E-state index in [2.05, 4.69) is 84.7 Å². The maximum atomic E-state index is 13.4. The van der Waals surface area contributed by atoms with Crippen LogP contribution in [0.4, 0.5) is 4.79 Å². The van der Waals surface area contributed by atoms with Crippen LogP contribution in [0.1, 0.15) is 251 Å². The molecule has 0 bridgehead atoms. The average Bonchev–Trinajstić information content (AvgIpc) is 3.33. The second-order valence-electron chi connectivity index (χ2n) is 19.6. The monoisotopic (exact) mass is 996 g/mol. The molecule has 71 heavy (non-hydrogen) atoms. The highest BCUT2D eigenvalue weighted by Gasteiger charge is 2.20. The number of nitrogens with zero attached hydrogens (tertiary/aromatic N) is 1. The Kier molecular flexibility index (Phi) is 50.9. The van der Waals surface area contributed by atoms with Gasteiger partial charge in [0.05, 0.1) is 6.61 Å². The van der Waals surface area contributed by atoms with Crippen LogP contribution in [-0.4, -0.2) is 78.6 Å². The summed E-state index contributed by atoms with van der Waals surface area (Å²) in [6.07, 6.45) is 61.9. The van der Waals surface area contributed by atoms with Crippen molar-refractivity contribution in [1.29, 1.82) is 0 Å². The number of hydrogen-bond donors (Lipinski definition) is 2. The van der Waals surface area contributed by atoms with E-state index >= 15 is 0 Å². The molecule has 2 atom stereocenters. The lowest BCUT2D eigenvalue weighted by Gasteiger charge is -2.20. The van der Waals surface area contributed by atoms with Crippen molar-refractivity contribution < 1.29 is 43.6 Å². The predicted octanol–water partition coefficient (Wildman–Crippen LogP) is 17.3. The molecule has 10 heteroatoms. The van der Waals surface area contributed by atoms with Crippen molar-refractivity contribution in [3.63, 3.8) is 0 Å². The Morgan fingerprint density at radius 3 is 1.21 bits per heavy atom. The molecule has 0 spiro atoms. The molecule has 0 amide bonds. The molecule has 0 aliphatic carbocycles. The molecule has 0 radical (unpaired) electrons. The zero-order valence-electron chi connectivity index (χ0n) is 45.6. The summed E-state index contributed by atoms with van der Waals surface area (Å²) in [5.41, 5.74) is 0. The van der Waals surface area contributed by atoms with Crippen LogP contribution in [-0.2, 0) is 28.6 Å². The molecule has 408 valence electrons. The Hall–Kier alpha value is -3.92. The summed E-state index contributed by atoms with van der Waals surface area (Å²) >= 11 is 0. The molecule has 2 unspecified atom stereocenters. The van der Waals surface area contributed by atoms with Crippen LogP contribution in [0.3, 0.4) is 0 Å². The van der Waals surface area contributed by atoms with Gasteiger partial charge in [0.25, 0.3) is 0 Å². The molecule has 0 saturated carbocycles.